The number of nitrogens with one attached hydrogen (secondary N) is 3. The van der Waals surface area contributed by atoms with E-state index in [1.54, 1.807) is 18.2 Å². The predicted octanol–water partition coefficient (Wildman–Crippen LogP) is 3.06. The number of hydrogen-bond donors (Lipinski definition) is 3. The highest BCUT2D eigenvalue weighted by Crippen LogP contribution is 2.20. The third-order valence-corrected chi connectivity index (χ3v) is 4.24. The molecule has 2 amide bonds. The molecule has 1 aliphatic heterocycles. The van der Waals surface area contributed by atoms with E-state index in [-0.39, 0.29) is 36.7 Å². The number of carbonyl (C=O) groups is 2. The summed E-state index contributed by atoms with van der Waals surface area (Å²) in [5.74, 6) is 0.375. The maximum absolute atomic E-state index is 12.3. The average Bonchev–Trinajstić information content (AvgIpc) is 2.68. The minimum absolute atomic E-state index is 0. The molecule has 1 heterocycles. The highest BCUT2D eigenvalue weighted by atomic mass is 35.5. The van der Waals surface area contributed by atoms with Gasteiger partial charge in [-0.1, -0.05) is 24.3 Å². The van der Waals surface area contributed by atoms with Gasteiger partial charge < -0.3 is 20.7 Å². The summed E-state index contributed by atoms with van der Waals surface area (Å²) in [5, 5.41) is 8.94. The first-order chi connectivity index (χ1) is 12.7. The molecule has 1 aliphatic rings. The molecule has 0 unspecified atom stereocenters. The van der Waals surface area contributed by atoms with E-state index in [1.165, 1.54) is 0 Å². The maximum Gasteiger partial charge on any atom is 0.262 e. The Labute approximate surface area is 165 Å². The molecule has 2 aromatic carbocycles. The van der Waals surface area contributed by atoms with Crippen LogP contribution in [0, 0.1) is 5.92 Å². The van der Waals surface area contributed by atoms with E-state index in [0.29, 0.717) is 11.4 Å². The lowest BCUT2D eigenvalue weighted by atomic mass is 9.97. The molecule has 0 bridgehead atoms. The van der Waals surface area contributed by atoms with Crippen LogP contribution in [0.4, 0.5) is 11.4 Å². The van der Waals surface area contributed by atoms with Crippen LogP contribution < -0.4 is 20.7 Å². The van der Waals surface area contributed by atoms with Crippen molar-refractivity contribution in [2.24, 2.45) is 5.92 Å². The normalized spacial score (nSPS) is 13.9. The zero-order valence-corrected chi connectivity index (χ0v) is 15.8. The van der Waals surface area contributed by atoms with Gasteiger partial charge in [0.05, 0.1) is 0 Å². The third-order valence-electron chi connectivity index (χ3n) is 4.24. The predicted molar refractivity (Wildman–Crippen MR) is 108 cm³/mol. The van der Waals surface area contributed by atoms with Crippen LogP contribution in [-0.4, -0.2) is 31.5 Å². The van der Waals surface area contributed by atoms with Crippen LogP contribution in [0.5, 0.6) is 5.75 Å². The van der Waals surface area contributed by atoms with Crippen molar-refractivity contribution in [1.29, 1.82) is 0 Å². The molecule has 144 valence electrons. The molecule has 0 aromatic heterocycles. The van der Waals surface area contributed by atoms with Gasteiger partial charge in [0, 0.05) is 23.4 Å². The summed E-state index contributed by atoms with van der Waals surface area (Å²) in [6, 6.07) is 16.3. The smallest absolute Gasteiger partial charge is 0.262 e. The lowest BCUT2D eigenvalue weighted by Crippen LogP contribution is -2.34. The second-order valence-corrected chi connectivity index (χ2v) is 6.24. The minimum Gasteiger partial charge on any atom is -0.484 e. The average molecular weight is 390 g/mol. The van der Waals surface area contributed by atoms with Gasteiger partial charge in [-0.05, 0) is 50.2 Å². The summed E-state index contributed by atoms with van der Waals surface area (Å²) in [7, 11) is 0. The lowest BCUT2D eigenvalue weighted by molar-refractivity contribution is -0.120. The van der Waals surface area contributed by atoms with Gasteiger partial charge in [-0.15, -0.1) is 12.4 Å². The van der Waals surface area contributed by atoms with Gasteiger partial charge in [0.25, 0.3) is 5.91 Å². The van der Waals surface area contributed by atoms with Crippen LogP contribution in [0.3, 0.4) is 0 Å². The van der Waals surface area contributed by atoms with Crippen molar-refractivity contribution < 1.29 is 14.3 Å². The fourth-order valence-electron chi connectivity index (χ4n) is 2.86. The van der Waals surface area contributed by atoms with E-state index in [1.807, 2.05) is 36.4 Å². The summed E-state index contributed by atoms with van der Waals surface area (Å²) >= 11 is 0. The monoisotopic (exact) mass is 389 g/mol. The Morgan fingerprint density at radius 1 is 0.963 bits per heavy atom. The molecular weight excluding hydrogens is 366 g/mol. The van der Waals surface area contributed by atoms with E-state index in [2.05, 4.69) is 16.0 Å². The fourth-order valence-corrected chi connectivity index (χ4v) is 2.86. The molecule has 7 heteroatoms. The van der Waals surface area contributed by atoms with Crippen LogP contribution in [0.2, 0.25) is 0 Å². The third kappa shape index (κ3) is 6.58. The Bertz CT molecular complexity index is 749. The van der Waals surface area contributed by atoms with Gasteiger partial charge in [0.15, 0.2) is 6.61 Å². The number of para-hydroxylation sites is 1. The largest absolute Gasteiger partial charge is 0.484 e. The summed E-state index contributed by atoms with van der Waals surface area (Å²) in [5.41, 5.74) is 1.40. The van der Waals surface area contributed by atoms with Crippen LogP contribution in [0.25, 0.3) is 0 Å². The Balaban J connectivity index is 0.00000261. The molecule has 0 saturated carbocycles. The second kappa shape index (κ2) is 10.5. The van der Waals surface area contributed by atoms with Crippen LogP contribution >= 0.6 is 12.4 Å². The van der Waals surface area contributed by atoms with E-state index in [0.717, 1.165) is 31.6 Å². The molecule has 2 aromatic rings. The molecule has 27 heavy (non-hydrogen) atoms. The minimum atomic E-state index is -0.236. The second-order valence-electron chi connectivity index (χ2n) is 6.24. The molecule has 3 N–H and O–H groups in total. The number of rotatable bonds is 6. The van der Waals surface area contributed by atoms with Crippen LogP contribution in [0.1, 0.15) is 12.8 Å². The van der Waals surface area contributed by atoms with Gasteiger partial charge in [-0.25, -0.2) is 0 Å². The SMILES string of the molecule is Cl.O=C(COc1cccc(NC(=O)C2CCNCC2)c1)Nc1ccccc1. The highest BCUT2D eigenvalue weighted by molar-refractivity contribution is 5.93. The summed E-state index contributed by atoms with van der Waals surface area (Å²) in [6.45, 7) is 1.65. The molecule has 0 radical (unpaired) electrons. The standard InChI is InChI=1S/C20H23N3O3.ClH/c24-19(22-16-5-2-1-3-6-16)14-26-18-8-4-7-17(13-18)23-20(25)15-9-11-21-12-10-15;/h1-8,13,15,21H,9-12,14H2,(H,22,24)(H,23,25);1H. The van der Waals surface area contributed by atoms with Crippen molar-refractivity contribution in [2.75, 3.05) is 30.3 Å². The number of carbonyl (C=O) groups excluding carboxylic acids is 2. The Morgan fingerprint density at radius 3 is 2.41 bits per heavy atom. The number of anilines is 2. The number of amides is 2. The Hall–Kier alpha value is -2.57. The lowest BCUT2D eigenvalue weighted by Gasteiger charge is -2.21. The van der Waals surface area contributed by atoms with E-state index in [4.69, 9.17) is 4.74 Å². The molecule has 1 saturated heterocycles. The topological polar surface area (TPSA) is 79.5 Å². The molecular formula is C20H24ClN3O3. The molecule has 0 atom stereocenters. The van der Waals surface area contributed by atoms with Crippen molar-refractivity contribution in [3.05, 3.63) is 54.6 Å². The summed E-state index contributed by atoms with van der Waals surface area (Å²) < 4.78 is 5.53. The number of ether oxygens (including phenoxy) is 1. The highest BCUT2D eigenvalue weighted by Gasteiger charge is 2.20. The molecule has 1 fully saturated rings. The van der Waals surface area contributed by atoms with E-state index in [9.17, 15) is 9.59 Å². The zero-order valence-electron chi connectivity index (χ0n) is 14.9. The number of halogens is 1. The first-order valence-corrected chi connectivity index (χ1v) is 8.80. The van der Waals surface area contributed by atoms with Gasteiger partial charge >= 0.3 is 0 Å². The van der Waals surface area contributed by atoms with Gasteiger partial charge in [-0.2, -0.15) is 0 Å². The first-order valence-electron chi connectivity index (χ1n) is 8.80. The molecule has 0 spiro atoms. The Morgan fingerprint density at radius 2 is 1.67 bits per heavy atom. The maximum atomic E-state index is 12.3. The van der Waals surface area contributed by atoms with Gasteiger partial charge in [0.2, 0.25) is 5.91 Å². The molecule has 0 aliphatic carbocycles. The van der Waals surface area contributed by atoms with Crippen molar-refractivity contribution in [3.8, 4) is 5.75 Å². The number of hydrogen-bond acceptors (Lipinski definition) is 4. The van der Waals surface area contributed by atoms with Crippen molar-refractivity contribution in [3.63, 3.8) is 0 Å². The van der Waals surface area contributed by atoms with Gasteiger partial charge in [0.1, 0.15) is 5.75 Å². The zero-order chi connectivity index (χ0) is 18.2. The summed E-state index contributed by atoms with van der Waals surface area (Å²) in [4.78, 5) is 24.2. The van der Waals surface area contributed by atoms with Crippen molar-refractivity contribution >= 4 is 35.6 Å². The van der Waals surface area contributed by atoms with Crippen molar-refractivity contribution in [1.82, 2.24) is 5.32 Å². The van der Waals surface area contributed by atoms with Crippen LogP contribution in [0.15, 0.2) is 54.6 Å². The van der Waals surface area contributed by atoms with Gasteiger partial charge in [-0.3, -0.25) is 9.59 Å². The van der Waals surface area contributed by atoms with E-state index < -0.39 is 0 Å². The molecule has 3 rings (SSSR count). The van der Waals surface area contributed by atoms with Crippen molar-refractivity contribution in [2.45, 2.75) is 12.8 Å². The first kappa shape index (κ1) is 20.7. The Kier molecular flexibility index (Phi) is 8.10. The quantitative estimate of drug-likeness (QED) is 0.709. The van der Waals surface area contributed by atoms with Crippen LogP contribution in [-0.2, 0) is 9.59 Å². The fraction of sp³-hybridized carbons (Fsp3) is 0.300. The number of piperidine rings is 1. The summed E-state index contributed by atoms with van der Waals surface area (Å²) in [6.07, 6.45) is 1.70. The van der Waals surface area contributed by atoms with E-state index >= 15 is 0 Å². The molecule has 6 nitrogen and oxygen atoms in total. The number of benzene rings is 2.